The average Bonchev–Trinajstić information content (AvgIpc) is 3.65. The lowest BCUT2D eigenvalue weighted by Crippen LogP contribution is -2.36. The van der Waals surface area contributed by atoms with Gasteiger partial charge in [-0.2, -0.15) is 4.39 Å². The number of alkyl halides is 1. The van der Waals surface area contributed by atoms with E-state index in [1.807, 2.05) is 69.2 Å². The highest BCUT2D eigenvalue weighted by molar-refractivity contribution is 7.55. The smallest absolute Gasteiger partial charge is 0.372 e. The number of aliphatic carboxylic acids is 1. The summed E-state index contributed by atoms with van der Waals surface area (Å²) in [7, 11) is -3.88. The van der Waals surface area contributed by atoms with E-state index in [1.54, 1.807) is 74.5 Å². The maximum absolute atomic E-state index is 14.2. The largest absolute Gasteiger partial charge is 0.489 e. The zero-order valence-electron chi connectivity index (χ0n) is 47.9. The van der Waals surface area contributed by atoms with Crippen LogP contribution in [0.5, 0.6) is 11.5 Å². The molecule has 0 saturated carbocycles. The highest BCUT2D eigenvalue weighted by Gasteiger charge is 2.39. The molecule has 1 aliphatic rings. The van der Waals surface area contributed by atoms with E-state index in [1.165, 1.54) is 36.4 Å². The van der Waals surface area contributed by atoms with Crippen LogP contribution in [0.25, 0.3) is 0 Å². The number of amides is 2. The first-order valence-corrected chi connectivity index (χ1v) is 27.6. The van der Waals surface area contributed by atoms with Crippen LogP contribution < -0.4 is 9.47 Å². The number of carboxylic acid groups (broad SMARTS) is 2. The number of hydrogen-bond donors (Lipinski definition) is 2. The first-order valence-electron chi connectivity index (χ1n) is 26.0. The van der Waals surface area contributed by atoms with E-state index >= 15 is 0 Å². The minimum absolute atomic E-state index is 0.0308. The van der Waals surface area contributed by atoms with Gasteiger partial charge < -0.3 is 28.7 Å². The molecule has 0 fully saturated rings. The molecule has 0 bridgehead atoms. The number of carboxylic acids is 2. The number of ketones is 5. The second-order valence-electron chi connectivity index (χ2n) is 19.5. The summed E-state index contributed by atoms with van der Waals surface area (Å²) in [6.07, 6.45) is 0.228. The molecule has 17 nitrogen and oxygen atoms in total. The highest BCUT2D eigenvalue weighted by atomic mass is 31.2. The van der Waals surface area contributed by atoms with Gasteiger partial charge in [0, 0.05) is 41.5 Å². The molecule has 1 atom stereocenters. The SMILES string of the molecule is CC.CC.CC(C)(C)CC(=O)c1ccc(OC/C(CCC(=O)c2ccccc2C(=O)O)=C(/F)C(=O)O)cc1.CC(C)(C)CC(=O)c1ccc(OCC(=O)CN2C(=O)c3ccccc3C2=O)cc1.CCOP(=O)(OCC)C(F)C(C)=O. The van der Waals surface area contributed by atoms with Gasteiger partial charge in [-0.3, -0.25) is 43.0 Å². The van der Waals surface area contributed by atoms with Crippen molar-refractivity contribution in [2.24, 2.45) is 10.8 Å². The summed E-state index contributed by atoms with van der Waals surface area (Å²) >= 11 is 0. The van der Waals surface area contributed by atoms with E-state index in [-0.39, 0.29) is 78.3 Å². The van der Waals surface area contributed by atoms with Crippen LogP contribution >= 0.6 is 7.60 Å². The van der Waals surface area contributed by atoms with Gasteiger partial charge in [0.15, 0.2) is 28.9 Å². The van der Waals surface area contributed by atoms with Gasteiger partial charge in [0.25, 0.3) is 17.7 Å². The van der Waals surface area contributed by atoms with E-state index in [9.17, 15) is 61.6 Å². The molecule has 0 spiro atoms. The molecule has 80 heavy (non-hydrogen) atoms. The van der Waals surface area contributed by atoms with Gasteiger partial charge in [-0.05, 0) is 105 Å². The number of halogens is 2. The number of aromatic carboxylic acids is 1. The molecule has 0 aromatic heterocycles. The number of hydrogen-bond acceptors (Lipinski definition) is 14. The number of carbonyl (C=O) groups is 9. The summed E-state index contributed by atoms with van der Waals surface area (Å²) in [4.78, 5) is 108. The van der Waals surface area contributed by atoms with Crippen molar-refractivity contribution in [3.63, 3.8) is 0 Å². The molecule has 5 rings (SSSR count). The number of benzene rings is 4. The molecular weight excluding hydrogens is 1060 g/mol. The predicted molar refractivity (Wildman–Crippen MR) is 299 cm³/mol. The Balaban J connectivity index is 0.000000629. The van der Waals surface area contributed by atoms with Gasteiger partial charge in [0.1, 0.15) is 24.7 Å². The number of fused-ring (bicyclic) bond motifs is 1. The Labute approximate surface area is 467 Å². The fraction of sp³-hybridized carbons (Fsp3) is 0.417. The van der Waals surface area contributed by atoms with Gasteiger partial charge in [-0.1, -0.05) is 99.6 Å². The third-order valence-corrected chi connectivity index (χ3v) is 12.8. The molecule has 20 heteroatoms. The number of ether oxygens (including phenoxy) is 2. The normalized spacial score (nSPS) is 12.4. The maximum Gasteiger partial charge on any atom is 0.372 e. The molecule has 2 N–H and O–H groups in total. The summed E-state index contributed by atoms with van der Waals surface area (Å²) in [6, 6.07) is 24.9. The monoisotopic (exact) mass is 1140 g/mol. The molecule has 4 aromatic carbocycles. The van der Waals surface area contributed by atoms with Crippen molar-refractivity contribution in [2.45, 2.75) is 122 Å². The van der Waals surface area contributed by atoms with Gasteiger partial charge >= 0.3 is 19.5 Å². The topological polar surface area (TPSA) is 251 Å². The number of rotatable bonds is 24. The standard InChI is InChI=1S/C26H27FO7.C23H23NO5.C7H14FO4P.2C2H6/c1-26(2,3)14-22(29)16-8-11-18(12-9-16)34-15-17(23(27)25(32)33)10-13-21(28)19-6-4-5-7-20(19)24(30)31;1-23(2,3)12-20(26)15-8-10-17(11-9-15)29-14-16(25)13-24-21(27)18-6-4-5-7-19(18)22(24)28;1-4-11-13(10,12-5-2)7(8)6(3)9;2*1-2/h4-9,11-12H,10,13-15H2,1-3H3,(H,30,31)(H,32,33);4-11H,12-14H2,1-3H3;7H,4-5H2,1-3H3;2*1-2H3/b23-17+;;;;. The zero-order chi connectivity index (χ0) is 61.1. The summed E-state index contributed by atoms with van der Waals surface area (Å²) in [5, 5.41) is 18.3. The third-order valence-electron chi connectivity index (χ3n) is 10.6. The van der Waals surface area contributed by atoms with Gasteiger partial charge in [0.2, 0.25) is 5.83 Å². The van der Waals surface area contributed by atoms with Crippen molar-refractivity contribution in [1.82, 2.24) is 4.90 Å². The lowest BCUT2D eigenvalue weighted by atomic mass is 9.88. The van der Waals surface area contributed by atoms with Gasteiger partial charge in [0.05, 0.1) is 36.4 Å². The minimum Gasteiger partial charge on any atom is -0.489 e. The molecule has 1 heterocycles. The molecule has 1 unspecified atom stereocenters. The summed E-state index contributed by atoms with van der Waals surface area (Å²) < 4.78 is 59.0. The lowest BCUT2D eigenvalue weighted by Gasteiger charge is -2.18. The predicted octanol–water partition coefficient (Wildman–Crippen LogP) is 13.1. The van der Waals surface area contributed by atoms with Crippen molar-refractivity contribution in [3.05, 3.63) is 142 Å². The Morgan fingerprint density at radius 3 is 1.38 bits per heavy atom. The van der Waals surface area contributed by atoms with Crippen LogP contribution in [0.4, 0.5) is 8.78 Å². The molecule has 4 aromatic rings. The molecule has 0 saturated heterocycles. The average molecular weight is 1140 g/mol. The Bertz CT molecular complexity index is 2800. The molecule has 0 aliphatic carbocycles. The summed E-state index contributed by atoms with van der Waals surface area (Å²) in [6.45, 7) is 23.0. The fourth-order valence-corrected chi connectivity index (χ4v) is 8.54. The third kappa shape index (κ3) is 23.2. The van der Waals surface area contributed by atoms with E-state index in [4.69, 9.17) is 14.6 Å². The van der Waals surface area contributed by atoms with Gasteiger partial charge in [-0.15, -0.1) is 0 Å². The Morgan fingerprint density at radius 1 is 0.600 bits per heavy atom. The Hall–Kier alpha value is -7.34. The van der Waals surface area contributed by atoms with Crippen LogP contribution in [0.3, 0.4) is 0 Å². The highest BCUT2D eigenvalue weighted by Crippen LogP contribution is 2.53. The molecule has 436 valence electrons. The maximum atomic E-state index is 14.2. The van der Waals surface area contributed by atoms with Crippen LogP contribution in [-0.2, 0) is 28.0 Å². The van der Waals surface area contributed by atoms with Crippen LogP contribution in [-0.4, -0.2) is 107 Å². The quantitative estimate of drug-likeness (QED) is 0.0286. The number of imide groups is 1. The molecule has 2 amide bonds. The van der Waals surface area contributed by atoms with Crippen LogP contribution in [0.15, 0.2) is 108 Å². The van der Waals surface area contributed by atoms with E-state index in [0.717, 1.165) is 11.8 Å². The van der Waals surface area contributed by atoms with Crippen molar-refractivity contribution >= 4 is 60.3 Å². The zero-order valence-corrected chi connectivity index (χ0v) is 48.8. The minimum atomic E-state index is -3.88. The molecule has 0 radical (unpaired) electrons. The van der Waals surface area contributed by atoms with Gasteiger partial charge in [-0.25, -0.2) is 14.0 Å². The fourth-order valence-electron chi connectivity index (χ4n) is 7.04. The van der Waals surface area contributed by atoms with Crippen molar-refractivity contribution < 1.29 is 85.2 Å². The van der Waals surface area contributed by atoms with Crippen molar-refractivity contribution in [3.8, 4) is 11.5 Å². The summed E-state index contributed by atoms with van der Waals surface area (Å²) in [5.74, 6) is -8.66. The first kappa shape index (κ1) is 70.7. The van der Waals surface area contributed by atoms with E-state index in [2.05, 4.69) is 9.05 Å². The Kier molecular flexibility index (Phi) is 30.0. The number of carbonyl (C=O) groups excluding carboxylic acids is 7. The van der Waals surface area contributed by atoms with Crippen LogP contribution in [0.1, 0.15) is 178 Å². The molecular formula is C60H76F2NO16P. The molecule has 1 aliphatic heterocycles. The number of Topliss-reactive ketones (excluding diaryl/α,β-unsaturated/α-hetero) is 5. The lowest BCUT2D eigenvalue weighted by molar-refractivity contribution is -0.134. The van der Waals surface area contributed by atoms with Crippen LogP contribution in [0, 0.1) is 10.8 Å². The van der Waals surface area contributed by atoms with E-state index in [0.29, 0.717) is 46.6 Å². The van der Waals surface area contributed by atoms with Crippen LogP contribution in [0.2, 0.25) is 0 Å². The second kappa shape index (κ2) is 33.9. The first-order chi connectivity index (χ1) is 37.5. The Morgan fingerprint density at radius 2 is 1.00 bits per heavy atom. The number of nitrogens with zero attached hydrogens (tertiary/aromatic N) is 1. The summed E-state index contributed by atoms with van der Waals surface area (Å²) in [5.41, 5.74) is 0.966. The van der Waals surface area contributed by atoms with E-state index < -0.39 is 67.0 Å². The van der Waals surface area contributed by atoms with Crippen molar-refractivity contribution in [2.75, 3.05) is 33.0 Å². The van der Waals surface area contributed by atoms with Crippen molar-refractivity contribution in [1.29, 1.82) is 0 Å². The second-order valence-corrected chi connectivity index (χ2v) is 21.6.